The lowest BCUT2D eigenvalue weighted by Crippen LogP contribution is -2.24. The average Bonchev–Trinajstić information content (AvgIpc) is 2.30. The molecule has 0 aliphatic rings. The van der Waals surface area contributed by atoms with Crippen molar-refractivity contribution in [2.75, 3.05) is 6.54 Å². The lowest BCUT2D eigenvalue weighted by Gasteiger charge is -2.08. The standard InChI is InChI=1S/C15H23NO/c1-5-8-16-13(4)6-7-14-9-11(2)15(17)12(3)10-14/h6-7,9-10,13,16-17H,5,8H2,1-4H3/b7-6+. The summed E-state index contributed by atoms with van der Waals surface area (Å²) in [5, 5.41) is 13.1. The molecule has 0 amide bonds. The molecule has 2 nitrogen and oxygen atoms in total. The minimum atomic E-state index is 0.379. The first-order valence-corrected chi connectivity index (χ1v) is 6.26. The number of nitrogens with one attached hydrogen (secondary N) is 1. The molecule has 0 fully saturated rings. The van der Waals surface area contributed by atoms with E-state index in [0.29, 0.717) is 11.8 Å². The maximum Gasteiger partial charge on any atom is 0.121 e. The Balaban J connectivity index is 2.71. The van der Waals surface area contributed by atoms with Crippen molar-refractivity contribution in [3.8, 4) is 5.75 Å². The fraction of sp³-hybridized carbons (Fsp3) is 0.467. The summed E-state index contributed by atoms with van der Waals surface area (Å²) >= 11 is 0. The molecule has 1 atom stereocenters. The van der Waals surface area contributed by atoms with Gasteiger partial charge < -0.3 is 10.4 Å². The normalized spacial score (nSPS) is 13.2. The molecule has 0 spiro atoms. The van der Waals surface area contributed by atoms with E-state index in [1.54, 1.807) is 0 Å². The van der Waals surface area contributed by atoms with Crippen LogP contribution in [0.15, 0.2) is 18.2 Å². The minimum Gasteiger partial charge on any atom is -0.507 e. The van der Waals surface area contributed by atoms with E-state index in [-0.39, 0.29) is 0 Å². The Morgan fingerprint density at radius 3 is 2.41 bits per heavy atom. The zero-order valence-electron chi connectivity index (χ0n) is 11.2. The monoisotopic (exact) mass is 233 g/mol. The Labute approximate surface area is 104 Å². The summed E-state index contributed by atoms with van der Waals surface area (Å²) in [4.78, 5) is 0. The first-order valence-electron chi connectivity index (χ1n) is 6.26. The van der Waals surface area contributed by atoms with Crippen LogP contribution in [-0.4, -0.2) is 17.7 Å². The van der Waals surface area contributed by atoms with E-state index in [9.17, 15) is 5.11 Å². The molecule has 1 unspecified atom stereocenters. The molecule has 0 saturated heterocycles. The fourth-order valence-corrected chi connectivity index (χ4v) is 1.78. The van der Waals surface area contributed by atoms with Gasteiger partial charge in [0.15, 0.2) is 0 Å². The summed E-state index contributed by atoms with van der Waals surface area (Å²) in [6.07, 6.45) is 5.41. The van der Waals surface area contributed by atoms with Crippen molar-refractivity contribution in [3.05, 3.63) is 34.9 Å². The summed E-state index contributed by atoms with van der Waals surface area (Å²) in [7, 11) is 0. The molecule has 1 aromatic rings. The van der Waals surface area contributed by atoms with E-state index in [1.165, 1.54) is 0 Å². The van der Waals surface area contributed by atoms with E-state index in [2.05, 4.69) is 31.3 Å². The van der Waals surface area contributed by atoms with Gasteiger partial charge in [-0.1, -0.05) is 19.1 Å². The van der Waals surface area contributed by atoms with Crippen LogP contribution in [0.2, 0.25) is 0 Å². The molecule has 0 aromatic heterocycles. The highest BCUT2D eigenvalue weighted by Crippen LogP contribution is 2.23. The van der Waals surface area contributed by atoms with Gasteiger partial charge in [0.2, 0.25) is 0 Å². The number of benzene rings is 1. The molecule has 0 bridgehead atoms. The molecule has 2 N–H and O–H groups in total. The lowest BCUT2D eigenvalue weighted by atomic mass is 10.0. The quantitative estimate of drug-likeness (QED) is 0.817. The average molecular weight is 233 g/mol. The smallest absolute Gasteiger partial charge is 0.121 e. The van der Waals surface area contributed by atoms with Crippen LogP contribution >= 0.6 is 0 Å². The Morgan fingerprint density at radius 1 is 1.29 bits per heavy atom. The van der Waals surface area contributed by atoms with Crippen molar-refractivity contribution in [2.45, 2.75) is 40.2 Å². The Morgan fingerprint density at radius 2 is 1.88 bits per heavy atom. The highest BCUT2D eigenvalue weighted by Gasteiger charge is 2.01. The molecule has 0 aliphatic heterocycles. The van der Waals surface area contributed by atoms with Crippen molar-refractivity contribution in [1.82, 2.24) is 5.32 Å². The number of rotatable bonds is 5. The van der Waals surface area contributed by atoms with Gasteiger partial charge in [0.05, 0.1) is 0 Å². The molecule has 0 aliphatic carbocycles. The third-order valence-electron chi connectivity index (χ3n) is 2.81. The van der Waals surface area contributed by atoms with Gasteiger partial charge >= 0.3 is 0 Å². The number of aromatic hydroxyl groups is 1. The second kappa shape index (κ2) is 6.45. The topological polar surface area (TPSA) is 32.3 Å². The molecule has 0 saturated carbocycles. The minimum absolute atomic E-state index is 0.379. The van der Waals surface area contributed by atoms with E-state index in [0.717, 1.165) is 29.7 Å². The fourth-order valence-electron chi connectivity index (χ4n) is 1.78. The Hall–Kier alpha value is -1.28. The molecule has 17 heavy (non-hydrogen) atoms. The van der Waals surface area contributed by atoms with Gasteiger partial charge in [-0.15, -0.1) is 0 Å². The van der Waals surface area contributed by atoms with Crippen LogP contribution in [0.3, 0.4) is 0 Å². The maximum atomic E-state index is 9.69. The van der Waals surface area contributed by atoms with Gasteiger partial charge in [-0.2, -0.15) is 0 Å². The summed E-state index contributed by atoms with van der Waals surface area (Å²) < 4.78 is 0. The van der Waals surface area contributed by atoms with E-state index >= 15 is 0 Å². The molecular weight excluding hydrogens is 210 g/mol. The lowest BCUT2D eigenvalue weighted by molar-refractivity contribution is 0.467. The summed E-state index contributed by atoms with van der Waals surface area (Å²) in [6.45, 7) is 9.21. The molecule has 2 heteroatoms. The number of hydrogen-bond donors (Lipinski definition) is 2. The summed E-state index contributed by atoms with van der Waals surface area (Å²) in [6, 6.07) is 4.39. The van der Waals surface area contributed by atoms with Gasteiger partial charge in [0.1, 0.15) is 5.75 Å². The van der Waals surface area contributed by atoms with Gasteiger partial charge in [0, 0.05) is 6.04 Å². The zero-order valence-corrected chi connectivity index (χ0v) is 11.2. The van der Waals surface area contributed by atoms with Crippen LogP contribution in [-0.2, 0) is 0 Å². The van der Waals surface area contributed by atoms with Gasteiger partial charge in [-0.3, -0.25) is 0 Å². The van der Waals surface area contributed by atoms with Crippen molar-refractivity contribution in [2.24, 2.45) is 0 Å². The molecular formula is C15H23NO. The third kappa shape index (κ3) is 4.23. The van der Waals surface area contributed by atoms with Crippen LogP contribution in [0.25, 0.3) is 6.08 Å². The van der Waals surface area contributed by atoms with Gasteiger partial charge in [-0.25, -0.2) is 0 Å². The van der Waals surface area contributed by atoms with Crippen LogP contribution in [0.1, 0.15) is 37.0 Å². The first-order chi connectivity index (χ1) is 8.04. The number of phenols is 1. The molecule has 94 valence electrons. The molecule has 1 aromatic carbocycles. The van der Waals surface area contributed by atoms with Gasteiger partial charge in [0.25, 0.3) is 0 Å². The largest absolute Gasteiger partial charge is 0.507 e. The van der Waals surface area contributed by atoms with Crippen molar-refractivity contribution in [3.63, 3.8) is 0 Å². The number of aryl methyl sites for hydroxylation is 2. The second-order valence-corrected chi connectivity index (χ2v) is 4.61. The Bertz CT molecular complexity index is 373. The van der Waals surface area contributed by atoms with E-state index in [4.69, 9.17) is 0 Å². The van der Waals surface area contributed by atoms with Crippen molar-refractivity contribution < 1.29 is 5.11 Å². The SMILES string of the molecule is CCCNC(C)/C=C/c1cc(C)c(O)c(C)c1. The van der Waals surface area contributed by atoms with Crippen LogP contribution < -0.4 is 5.32 Å². The molecule has 0 radical (unpaired) electrons. The van der Waals surface area contributed by atoms with Crippen LogP contribution in [0, 0.1) is 13.8 Å². The zero-order chi connectivity index (χ0) is 12.8. The summed E-state index contributed by atoms with van der Waals surface area (Å²) in [5.41, 5.74) is 3.00. The third-order valence-corrected chi connectivity index (χ3v) is 2.81. The summed E-state index contributed by atoms with van der Waals surface area (Å²) in [5.74, 6) is 0.402. The predicted molar refractivity (Wildman–Crippen MR) is 74.4 cm³/mol. The van der Waals surface area contributed by atoms with Gasteiger partial charge in [-0.05, 0) is 62.6 Å². The highest BCUT2D eigenvalue weighted by atomic mass is 16.3. The van der Waals surface area contributed by atoms with Crippen LogP contribution in [0.5, 0.6) is 5.75 Å². The number of hydrogen-bond acceptors (Lipinski definition) is 2. The second-order valence-electron chi connectivity index (χ2n) is 4.61. The van der Waals surface area contributed by atoms with E-state index in [1.807, 2.05) is 26.0 Å². The Kier molecular flexibility index (Phi) is 5.23. The van der Waals surface area contributed by atoms with Crippen LogP contribution in [0.4, 0.5) is 0 Å². The van der Waals surface area contributed by atoms with Crippen molar-refractivity contribution >= 4 is 6.08 Å². The van der Waals surface area contributed by atoms with E-state index < -0.39 is 0 Å². The van der Waals surface area contributed by atoms with Crippen molar-refractivity contribution in [1.29, 1.82) is 0 Å². The predicted octanol–water partition coefficient (Wildman–Crippen LogP) is 3.41. The highest BCUT2D eigenvalue weighted by molar-refractivity contribution is 5.56. The number of phenolic OH excluding ortho intramolecular Hbond substituents is 1. The molecule has 0 heterocycles. The maximum absolute atomic E-state index is 9.69. The molecule has 1 rings (SSSR count). The first kappa shape index (κ1) is 13.8.